The smallest absolute Gasteiger partial charge is 0.294 e. The molecule has 5 heteroatoms. The molecule has 4 aromatic rings. The first-order valence-corrected chi connectivity index (χ1v) is 10.4. The number of rotatable bonds is 4. The van der Waals surface area contributed by atoms with Crippen LogP contribution in [0.3, 0.4) is 0 Å². The second kappa shape index (κ2) is 7.54. The zero-order chi connectivity index (χ0) is 22.4. The number of fused-ring (bicyclic) bond motifs is 1. The summed E-state index contributed by atoms with van der Waals surface area (Å²) in [5.41, 5.74) is 3.82. The van der Waals surface area contributed by atoms with Gasteiger partial charge in [0.05, 0.1) is 11.6 Å². The summed E-state index contributed by atoms with van der Waals surface area (Å²) in [6.45, 7) is 3.84. The number of furan rings is 1. The van der Waals surface area contributed by atoms with Crippen LogP contribution >= 0.6 is 0 Å². The number of benzene rings is 3. The Hall–Kier alpha value is -4.12. The van der Waals surface area contributed by atoms with E-state index in [1.165, 1.54) is 4.90 Å². The monoisotopic (exact) mass is 423 g/mol. The number of hydrogen-bond acceptors (Lipinski definition) is 4. The average molecular weight is 423 g/mol. The normalized spacial score (nSPS) is 16.2. The molecule has 0 aliphatic carbocycles. The predicted molar refractivity (Wildman–Crippen MR) is 123 cm³/mol. The fourth-order valence-corrected chi connectivity index (χ4v) is 4.30. The summed E-state index contributed by atoms with van der Waals surface area (Å²) in [5.74, 6) is -1.57. The number of aliphatic hydroxyl groups is 1. The van der Waals surface area contributed by atoms with Gasteiger partial charge < -0.3 is 9.52 Å². The highest BCUT2D eigenvalue weighted by atomic mass is 16.3. The summed E-state index contributed by atoms with van der Waals surface area (Å²) in [7, 11) is 0. The quantitative estimate of drug-likeness (QED) is 0.419. The molecule has 5 nitrogen and oxygen atoms in total. The van der Waals surface area contributed by atoms with E-state index in [4.69, 9.17) is 4.42 Å². The van der Waals surface area contributed by atoms with Gasteiger partial charge in [0.1, 0.15) is 5.58 Å². The third kappa shape index (κ3) is 3.10. The first-order valence-electron chi connectivity index (χ1n) is 10.4. The van der Waals surface area contributed by atoms with Crippen LogP contribution in [-0.4, -0.2) is 16.8 Å². The number of carbonyl (C=O) groups excluding carboxylic acids is 2. The van der Waals surface area contributed by atoms with Gasteiger partial charge in [-0.3, -0.25) is 14.5 Å². The molecule has 1 amide bonds. The number of ketones is 1. The van der Waals surface area contributed by atoms with Crippen molar-refractivity contribution in [2.45, 2.75) is 19.9 Å². The van der Waals surface area contributed by atoms with Crippen molar-refractivity contribution in [2.24, 2.45) is 0 Å². The molecular formula is C27H21NO4. The number of carbonyl (C=O) groups is 2. The van der Waals surface area contributed by atoms with Gasteiger partial charge in [-0.25, -0.2) is 0 Å². The minimum Gasteiger partial charge on any atom is -0.503 e. The molecule has 0 saturated carbocycles. The molecule has 5 rings (SSSR count). The summed E-state index contributed by atoms with van der Waals surface area (Å²) in [6.07, 6.45) is 0. The van der Waals surface area contributed by atoms with E-state index >= 15 is 0 Å². The van der Waals surface area contributed by atoms with E-state index < -0.39 is 23.5 Å². The number of hydrogen-bond donors (Lipinski definition) is 1. The highest BCUT2D eigenvalue weighted by Gasteiger charge is 2.45. The van der Waals surface area contributed by atoms with Gasteiger partial charge in [-0.05, 0) is 43.2 Å². The van der Waals surface area contributed by atoms with Crippen LogP contribution in [0, 0.1) is 13.8 Å². The molecule has 1 aromatic heterocycles. The lowest BCUT2D eigenvalue weighted by atomic mass is 9.93. The SMILES string of the molecule is Cc1cccc(C2C(C(=O)c3cc4ccccc4o3)=C(O)C(=O)N2c2ccccc2C)c1. The Morgan fingerprint density at radius 3 is 2.44 bits per heavy atom. The summed E-state index contributed by atoms with van der Waals surface area (Å²) < 4.78 is 5.77. The molecule has 1 aliphatic rings. The van der Waals surface area contributed by atoms with Crippen LogP contribution < -0.4 is 4.90 Å². The molecule has 158 valence electrons. The largest absolute Gasteiger partial charge is 0.503 e. The van der Waals surface area contributed by atoms with Crippen molar-refractivity contribution < 1.29 is 19.1 Å². The third-order valence-electron chi connectivity index (χ3n) is 5.83. The lowest BCUT2D eigenvalue weighted by molar-refractivity contribution is -0.117. The Balaban J connectivity index is 1.69. The zero-order valence-electron chi connectivity index (χ0n) is 17.7. The number of anilines is 1. The Bertz CT molecular complexity index is 1380. The summed E-state index contributed by atoms with van der Waals surface area (Å²) in [6, 6.07) is 23.2. The molecule has 0 bridgehead atoms. The van der Waals surface area contributed by atoms with Crippen molar-refractivity contribution in [1.82, 2.24) is 0 Å². The fourth-order valence-electron chi connectivity index (χ4n) is 4.30. The van der Waals surface area contributed by atoms with Gasteiger partial charge in [0.25, 0.3) is 5.91 Å². The van der Waals surface area contributed by atoms with E-state index in [9.17, 15) is 14.7 Å². The minimum atomic E-state index is -0.774. The van der Waals surface area contributed by atoms with E-state index in [0.717, 1.165) is 22.1 Å². The van der Waals surface area contributed by atoms with Crippen molar-refractivity contribution in [3.8, 4) is 0 Å². The maximum atomic E-state index is 13.6. The second-order valence-electron chi connectivity index (χ2n) is 8.02. The van der Waals surface area contributed by atoms with Gasteiger partial charge >= 0.3 is 0 Å². The van der Waals surface area contributed by atoms with Gasteiger partial charge in [0.15, 0.2) is 11.5 Å². The van der Waals surface area contributed by atoms with Crippen molar-refractivity contribution >= 4 is 28.3 Å². The van der Waals surface area contributed by atoms with Crippen molar-refractivity contribution in [2.75, 3.05) is 4.90 Å². The van der Waals surface area contributed by atoms with Gasteiger partial charge in [-0.1, -0.05) is 66.2 Å². The molecule has 0 saturated heterocycles. The first-order chi connectivity index (χ1) is 15.5. The van der Waals surface area contributed by atoms with Gasteiger partial charge in [0, 0.05) is 11.1 Å². The van der Waals surface area contributed by atoms with Crippen LogP contribution in [0.5, 0.6) is 0 Å². The second-order valence-corrected chi connectivity index (χ2v) is 8.02. The lowest BCUT2D eigenvalue weighted by Gasteiger charge is -2.28. The molecule has 1 unspecified atom stereocenters. The lowest BCUT2D eigenvalue weighted by Crippen LogP contribution is -2.31. The third-order valence-corrected chi connectivity index (χ3v) is 5.83. The Labute approximate surface area is 185 Å². The number of aryl methyl sites for hydroxylation is 2. The number of amides is 1. The molecule has 2 heterocycles. The van der Waals surface area contributed by atoms with Crippen molar-refractivity contribution in [3.63, 3.8) is 0 Å². The number of aliphatic hydroxyl groups excluding tert-OH is 1. The number of nitrogens with zero attached hydrogens (tertiary/aromatic N) is 1. The van der Waals surface area contributed by atoms with Crippen molar-refractivity contribution in [3.05, 3.63) is 113 Å². The standard InChI is InChI=1S/C27H21NO4/c1-16-8-7-11-19(14-16)24-23(25(29)22-15-18-10-4-6-13-21(18)32-22)26(30)27(31)28(24)20-12-5-3-9-17(20)2/h3-15,24,30H,1-2H3. The molecule has 0 spiro atoms. The summed E-state index contributed by atoms with van der Waals surface area (Å²) in [5, 5.41) is 11.7. The molecular weight excluding hydrogens is 402 g/mol. The van der Waals surface area contributed by atoms with E-state index in [0.29, 0.717) is 11.3 Å². The van der Waals surface area contributed by atoms with Gasteiger partial charge in [0.2, 0.25) is 5.78 Å². The Kier molecular flexibility index (Phi) is 4.67. The van der Waals surface area contributed by atoms with Crippen LogP contribution in [0.1, 0.15) is 33.3 Å². The summed E-state index contributed by atoms with van der Waals surface area (Å²) in [4.78, 5) is 28.4. The van der Waals surface area contributed by atoms with Gasteiger partial charge in [-0.15, -0.1) is 0 Å². The van der Waals surface area contributed by atoms with Crippen LogP contribution in [-0.2, 0) is 4.79 Å². The predicted octanol–water partition coefficient (Wildman–Crippen LogP) is 5.83. The minimum absolute atomic E-state index is 0.0166. The zero-order valence-corrected chi connectivity index (χ0v) is 17.7. The first kappa shape index (κ1) is 19.8. The average Bonchev–Trinajstić information content (AvgIpc) is 3.33. The molecule has 0 radical (unpaired) electrons. The highest BCUT2D eigenvalue weighted by molar-refractivity contribution is 6.20. The molecule has 1 aliphatic heterocycles. The number of para-hydroxylation sites is 2. The molecule has 3 aromatic carbocycles. The highest BCUT2D eigenvalue weighted by Crippen LogP contribution is 2.43. The number of Topliss-reactive ketones (excluding diaryl/α,β-unsaturated/α-hetero) is 1. The van der Waals surface area contributed by atoms with Crippen LogP contribution in [0.2, 0.25) is 0 Å². The molecule has 1 atom stereocenters. The maximum absolute atomic E-state index is 13.6. The Morgan fingerprint density at radius 1 is 0.938 bits per heavy atom. The topological polar surface area (TPSA) is 70.7 Å². The van der Waals surface area contributed by atoms with E-state index in [-0.39, 0.29) is 11.3 Å². The molecule has 32 heavy (non-hydrogen) atoms. The van der Waals surface area contributed by atoms with Crippen LogP contribution in [0.15, 0.2) is 94.6 Å². The maximum Gasteiger partial charge on any atom is 0.294 e. The molecule has 1 N–H and O–H groups in total. The van der Waals surface area contributed by atoms with Crippen LogP contribution in [0.4, 0.5) is 5.69 Å². The fraction of sp³-hybridized carbons (Fsp3) is 0.111. The van der Waals surface area contributed by atoms with E-state index in [1.807, 2.05) is 80.6 Å². The van der Waals surface area contributed by atoms with Crippen LogP contribution in [0.25, 0.3) is 11.0 Å². The summed E-state index contributed by atoms with van der Waals surface area (Å²) >= 11 is 0. The van der Waals surface area contributed by atoms with E-state index in [2.05, 4.69) is 0 Å². The molecule has 0 fully saturated rings. The Morgan fingerprint density at radius 2 is 1.69 bits per heavy atom. The van der Waals surface area contributed by atoms with Gasteiger partial charge in [-0.2, -0.15) is 0 Å². The van der Waals surface area contributed by atoms with Crippen molar-refractivity contribution in [1.29, 1.82) is 0 Å². The van der Waals surface area contributed by atoms with E-state index in [1.54, 1.807) is 12.1 Å².